The largest absolute Gasteiger partial charge is 0.483 e. The summed E-state index contributed by atoms with van der Waals surface area (Å²) in [6.07, 6.45) is 1.63. The molecule has 1 aromatic heterocycles. The molecule has 0 saturated carbocycles. The molecule has 20 heavy (non-hydrogen) atoms. The Morgan fingerprint density at radius 2 is 2.20 bits per heavy atom. The van der Waals surface area contributed by atoms with Crippen molar-refractivity contribution in [1.29, 1.82) is 0 Å². The van der Waals surface area contributed by atoms with E-state index in [9.17, 15) is 4.79 Å². The topological polar surface area (TPSA) is 85.5 Å². The maximum absolute atomic E-state index is 10.8. The Bertz CT molecular complexity index is 580. The normalized spacial score (nSPS) is 10.4. The lowest BCUT2D eigenvalue weighted by atomic mass is 10.1. The summed E-state index contributed by atoms with van der Waals surface area (Å²) in [5, 5.41) is 12.7. The first-order chi connectivity index (χ1) is 9.69. The number of hydrogen-bond acceptors (Lipinski definition) is 5. The van der Waals surface area contributed by atoms with Crippen LogP contribution >= 0.6 is 0 Å². The van der Waals surface area contributed by atoms with Crippen LogP contribution in [0.3, 0.4) is 0 Å². The van der Waals surface area contributed by atoms with Crippen LogP contribution < -0.4 is 4.74 Å². The van der Waals surface area contributed by atoms with Crippen molar-refractivity contribution in [2.75, 3.05) is 0 Å². The fourth-order valence-corrected chi connectivity index (χ4v) is 1.77. The first kappa shape index (κ1) is 14.0. The number of aromatic nitrogens is 2. The van der Waals surface area contributed by atoms with Gasteiger partial charge in [-0.2, -0.15) is 4.98 Å². The summed E-state index contributed by atoms with van der Waals surface area (Å²) < 4.78 is 10.6. The van der Waals surface area contributed by atoms with Gasteiger partial charge in [0, 0.05) is 12.0 Å². The molecule has 0 unspecified atom stereocenters. The first-order valence-corrected chi connectivity index (χ1v) is 6.43. The molecule has 2 rings (SSSR count). The van der Waals surface area contributed by atoms with Gasteiger partial charge in [0.2, 0.25) is 0 Å². The van der Waals surface area contributed by atoms with E-state index in [1.54, 1.807) is 24.3 Å². The molecule has 0 fully saturated rings. The van der Waals surface area contributed by atoms with E-state index < -0.39 is 5.97 Å². The number of aryl methyl sites for hydroxylation is 1. The highest BCUT2D eigenvalue weighted by Crippen LogP contribution is 2.19. The zero-order valence-electron chi connectivity index (χ0n) is 11.2. The van der Waals surface area contributed by atoms with Crippen molar-refractivity contribution in [3.63, 3.8) is 0 Å². The van der Waals surface area contributed by atoms with E-state index in [1.165, 1.54) is 0 Å². The molecule has 1 heterocycles. The van der Waals surface area contributed by atoms with Gasteiger partial charge in [-0.3, -0.25) is 4.79 Å². The van der Waals surface area contributed by atoms with Crippen LogP contribution in [-0.4, -0.2) is 21.2 Å². The van der Waals surface area contributed by atoms with Crippen LogP contribution in [0, 0.1) is 0 Å². The lowest BCUT2D eigenvalue weighted by Crippen LogP contribution is -2.04. The molecule has 0 bridgehead atoms. The number of hydrogen-bond donors (Lipinski definition) is 1. The number of aliphatic carboxylic acids is 1. The molecule has 0 spiro atoms. The molecule has 1 aromatic carbocycles. The van der Waals surface area contributed by atoms with Crippen molar-refractivity contribution >= 4 is 5.97 Å². The lowest BCUT2D eigenvalue weighted by Gasteiger charge is -2.07. The minimum Gasteiger partial charge on any atom is -0.483 e. The Morgan fingerprint density at radius 3 is 2.95 bits per heavy atom. The Balaban J connectivity index is 2.00. The maximum Gasteiger partial charge on any atom is 0.307 e. The van der Waals surface area contributed by atoms with Crippen molar-refractivity contribution < 1.29 is 19.2 Å². The smallest absolute Gasteiger partial charge is 0.307 e. The first-order valence-electron chi connectivity index (χ1n) is 6.43. The molecule has 2 aromatic rings. The third kappa shape index (κ3) is 3.81. The maximum atomic E-state index is 10.8. The average Bonchev–Trinajstić information content (AvgIpc) is 2.85. The molecule has 6 heteroatoms. The van der Waals surface area contributed by atoms with Crippen molar-refractivity contribution in [3.05, 3.63) is 41.5 Å². The minimum atomic E-state index is -0.899. The molecule has 0 aliphatic heterocycles. The molecule has 0 saturated heterocycles. The van der Waals surface area contributed by atoms with E-state index in [4.69, 9.17) is 14.4 Å². The second kappa shape index (κ2) is 6.70. The number of carboxylic acid groups (broad SMARTS) is 1. The fourth-order valence-electron chi connectivity index (χ4n) is 1.77. The molecule has 6 nitrogen and oxygen atoms in total. The van der Waals surface area contributed by atoms with E-state index in [0.717, 1.165) is 12.8 Å². The summed E-state index contributed by atoms with van der Waals surface area (Å²) in [4.78, 5) is 15.0. The van der Waals surface area contributed by atoms with Gasteiger partial charge < -0.3 is 14.4 Å². The average molecular weight is 276 g/mol. The van der Waals surface area contributed by atoms with E-state index in [1.807, 2.05) is 6.92 Å². The van der Waals surface area contributed by atoms with Gasteiger partial charge in [-0.1, -0.05) is 30.3 Å². The SMILES string of the molecule is CCCc1noc(COc2ccccc2CC(=O)O)n1. The number of carbonyl (C=O) groups is 1. The number of nitrogens with zero attached hydrogens (tertiary/aromatic N) is 2. The third-order valence-electron chi connectivity index (χ3n) is 2.65. The van der Waals surface area contributed by atoms with Gasteiger partial charge in [-0.05, 0) is 12.5 Å². The van der Waals surface area contributed by atoms with Gasteiger partial charge in [0.05, 0.1) is 6.42 Å². The highest BCUT2D eigenvalue weighted by atomic mass is 16.5. The molecule has 106 valence electrons. The van der Waals surface area contributed by atoms with E-state index in [0.29, 0.717) is 23.0 Å². The van der Waals surface area contributed by atoms with Crippen LogP contribution in [0.25, 0.3) is 0 Å². The second-order valence-corrected chi connectivity index (χ2v) is 4.32. The molecular formula is C14H16N2O4. The molecule has 0 radical (unpaired) electrons. The van der Waals surface area contributed by atoms with Crippen LogP contribution in [0.1, 0.15) is 30.6 Å². The molecule has 0 aliphatic rings. The van der Waals surface area contributed by atoms with Crippen LogP contribution in [0.5, 0.6) is 5.75 Å². The standard InChI is InChI=1S/C14H16N2O4/c1-2-5-12-15-13(20-16-12)9-19-11-7-4-3-6-10(11)8-14(17)18/h3-4,6-7H,2,5,8-9H2,1H3,(H,17,18). The third-order valence-corrected chi connectivity index (χ3v) is 2.65. The van der Waals surface area contributed by atoms with Crippen LogP contribution in [0.2, 0.25) is 0 Å². The molecule has 0 amide bonds. The molecule has 0 aliphatic carbocycles. The Labute approximate surface area is 116 Å². The minimum absolute atomic E-state index is 0.0823. The summed E-state index contributed by atoms with van der Waals surface area (Å²) in [6.45, 7) is 2.17. The zero-order chi connectivity index (χ0) is 14.4. The van der Waals surface area contributed by atoms with Gasteiger partial charge in [-0.15, -0.1) is 0 Å². The van der Waals surface area contributed by atoms with Crippen LogP contribution in [0.4, 0.5) is 0 Å². The van der Waals surface area contributed by atoms with Gasteiger partial charge in [0.15, 0.2) is 12.4 Å². The fraction of sp³-hybridized carbons (Fsp3) is 0.357. The number of para-hydroxylation sites is 1. The van der Waals surface area contributed by atoms with E-state index >= 15 is 0 Å². The number of rotatable bonds is 7. The summed E-state index contributed by atoms with van der Waals surface area (Å²) in [6, 6.07) is 7.01. The summed E-state index contributed by atoms with van der Waals surface area (Å²) >= 11 is 0. The van der Waals surface area contributed by atoms with Crippen LogP contribution in [-0.2, 0) is 24.2 Å². The highest BCUT2D eigenvalue weighted by molar-refractivity contribution is 5.71. The van der Waals surface area contributed by atoms with Crippen LogP contribution in [0.15, 0.2) is 28.8 Å². The Morgan fingerprint density at radius 1 is 1.40 bits per heavy atom. The Kier molecular flexibility index (Phi) is 4.70. The van der Waals surface area contributed by atoms with Gasteiger partial charge in [0.25, 0.3) is 5.89 Å². The predicted octanol–water partition coefficient (Wildman–Crippen LogP) is 2.23. The van der Waals surface area contributed by atoms with Gasteiger partial charge in [0.1, 0.15) is 5.75 Å². The van der Waals surface area contributed by atoms with Gasteiger partial charge >= 0.3 is 5.97 Å². The summed E-state index contributed by atoms with van der Waals surface area (Å²) in [5.41, 5.74) is 0.619. The summed E-state index contributed by atoms with van der Waals surface area (Å²) in [7, 11) is 0. The van der Waals surface area contributed by atoms with E-state index in [-0.39, 0.29) is 13.0 Å². The zero-order valence-corrected chi connectivity index (χ0v) is 11.2. The molecule has 1 N–H and O–H groups in total. The van der Waals surface area contributed by atoms with Gasteiger partial charge in [-0.25, -0.2) is 0 Å². The number of carboxylic acids is 1. The number of benzene rings is 1. The molecular weight excluding hydrogens is 260 g/mol. The highest BCUT2D eigenvalue weighted by Gasteiger charge is 2.10. The monoisotopic (exact) mass is 276 g/mol. The predicted molar refractivity (Wildman–Crippen MR) is 70.4 cm³/mol. The van der Waals surface area contributed by atoms with Crippen molar-refractivity contribution in [2.45, 2.75) is 32.8 Å². The molecule has 0 atom stereocenters. The van der Waals surface area contributed by atoms with Crippen molar-refractivity contribution in [3.8, 4) is 5.75 Å². The van der Waals surface area contributed by atoms with Crippen molar-refractivity contribution in [2.24, 2.45) is 0 Å². The lowest BCUT2D eigenvalue weighted by molar-refractivity contribution is -0.136. The van der Waals surface area contributed by atoms with Crippen molar-refractivity contribution in [1.82, 2.24) is 10.1 Å². The van der Waals surface area contributed by atoms with E-state index in [2.05, 4.69) is 10.1 Å². The summed E-state index contributed by atoms with van der Waals surface area (Å²) in [5.74, 6) is 0.665. The number of ether oxygens (including phenoxy) is 1. The quantitative estimate of drug-likeness (QED) is 0.834. The Hall–Kier alpha value is -2.37. The second-order valence-electron chi connectivity index (χ2n) is 4.32.